The molecule has 1 saturated heterocycles. The number of imidazole rings is 1. The molecule has 1 N–H and O–H groups in total. The van der Waals surface area contributed by atoms with Gasteiger partial charge < -0.3 is 14.5 Å². The minimum atomic E-state index is 0.248. The minimum Gasteiger partial charge on any atom is -0.354 e. The molecule has 0 bridgehead atoms. The van der Waals surface area contributed by atoms with Crippen molar-refractivity contribution in [1.29, 1.82) is 0 Å². The number of aromatic amines is 1. The molecule has 0 unspecified atom stereocenters. The highest BCUT2D eigenvalue weighted by Crippen LogP contribution is 2.38. The number of H-pyrrole nitrogens is 1. The summed E-state index contributed by atoms with van der Waals surface area (Å²) < 4.78 is 2.05. The van der Waals surface area contributed by atoms with Crippen LogP contribution in [-0.2, 0) is 11.3 Å². The maximum atomic E-state index is 12.8. The lowest BCUT2D eigenvalue weighted by Crippen LogP contribution is -2.38. The lowest BCUT2D eigenvalue weighted by atomic mass is 9.87. The molecule has 3 aromatic heterocycles. The molecular weight excluding hydrogens is 446 g/mol. The van der Waals surface area contributed by atoms with Gasteiger partial charge in [-0.3, -0.25) is 9.78 Å². The lowest BCUT2D eigenvalue weighted by Gasteiger charge is -2.32. The molecule has 0 spiro atoms. The Morgan fingerprint density at radius 2 is 1.81 bits per heavy atom. The van der Waals surface area contributed by atoms with E-state index in [0.717, 1.165) is 43.1 Å². The van der Waals surface area contributed by atoms with E-state index in [1.165, 1.54) is 33.3 Å². The van der Waals surface area contributed by atoms with Crippen LogP contribution in [0, 0.1) is 20.8 Å². The van der Waals surface area contributed by atoms with Crippen LogP contribution in [-0.4, -0.2) is 43.4 Å². The zero-order valence-electron chi connectivity index (χ0n) is 22.1. The summed E-state index contributed by atoms with van der Waals surface area (Å²) in [5.74, 6) is 2.09. The molecule has 1 fully saturated rings. The van der Waals surface area contributed by atoms with E-state index in [1.54, 1.807) is 6.20 Å². The second-order valence-corrected chi connectivity index (χ2v) is 10.6. The number of likely N-dealkylation sites (tertiary alicyclic amines) is 1. The summed E-state index contributed by atoms with van der Waals surface area (Å²) in [7, 11) is 0. The lowest BCUT2D eigenvalue weighted by molar-refractivity contribution is -0.132. The van der Waals surface area contributed by atoms with Crippen molar-refractivity contribution in [2.75, 3.05) is 13.1 Å². The van der Waals surface area contributed by atoms with Crippen LogP contribution in [0.1, 0.15) is 73.3 Å². The molecule has 4 heterocycles. The van der Waals surface area contributed by atoms with E-state index in [-0.39, 0.29) is 5.91 Å². The van der Waals surface area contributed by atoms with Crippen LogP contribution in [0.25, 0.3) is 22.2 Å². The molecule has 188 valence electrons. The molecule has 1 amide bonds. The Hall–Kier alpha value is -3.41. The highest BCUT2D eigenvalue weighted by atomic mass is 16.2. The van der Waals surface area contributed by atoms with Gasteiger partial charge >= 0.3 is 0 Å². The van der Waals surface area contributed by atoms with E-state index < -0.39 is 0 Å². The number of hydrogen-bond donors (Lipinski definition) is 1. The number of nitrogens with one attached hydrogen (secondary N) is 1. The van der Waals surface area contributed by atoms with Gasteiger partial charge in [0.2, 0.25) is 5.91 Å². The Balaban J connectivity index is 1.33. The van der Waals surface area contributed by atoms with Crippen LogP contribution in [0.3, 0.4) is 0 Å². The molecule has 1 aromatic carbocycles. The van der Waals surface area contributed by atoms with Gasteiger partial charge in [0.15, 0.2) is 0 Å². The normalized spacial score (nSPS) is 14.8. The fraction of sp³-hybridized carbons (Fsp3) is 0.433. The first kappa shape index (κ1) is 24.3. The maximum absolute atomic E-state index is 12.8. The second kappa shape index (κ2) is 9.92. The zero-order chi connectivity index (χ0) is 25.4. The third kappa shape index (κ3) is 4.81. The van der Waals surface area contributed by atoms with Crippen molar-refractivity contribution in [2.24, 2.45) is 0 Å². The van der Waals surface area contributed by atoms with Crippen molar-refractivity contribution in [2.45, 2.75) is 72.3 Å². The Morgan fingerprint density at radius 1 is 1.08 bits per heavy atom. The van der Waals surface area contributed by atoms with Crippen molar-refractivity contribution in [3.63, 3.8) is 0 Å². The average Bonchev–Trinajstić information content (AvgIpc) is 3.44. The van der Waals surface area contributed by atoms with Gasteiger partial charge in [0.05, 0.1) is 5.69 Å². The number of hydrogen-bond acceptors (Lipinski definition) is 3. The molecule has 1 aliphatic rings. The van der Waals surface area contributed by atoms with Crippen molar-refractivity contribution in [1.82, 2.24) is 24.4 Å². The molecule has 1 aliphatic heterocycles. The topological polar surface area (TPSA) is 66.8 Å². The molecule has 5 rings (SSSR count). The molecule has 4 aromatic rings. The van der Waals surface area contributed by atoms with Crippen LogP contribution in [0.4, 0.5) is 0 Å². The number of nitrogens with zero attached hydrogens (tertiary/aromatic N) is 4. The van der Waals surface area contributed by atoms with E-state index in [9.17, 15) is 4.79 Å². The van der Waals surface area contributed by atoms with Crippen LogP contribution < -0.4 is 0 Å². The second-order valence-electron chi connectivity index (χ2n) is 10.6. The Kier molecular flexibility index (Phi) is 6.69. The summed E-state index contributed by atoms with van der Waals surface area (Å²) >= 11 is 0. The predicted octanol–water partition coefficient (Wildman–Crippen LogP) is 6.27. The van der Waals surface area contributed by atoms with Crippen molar-refractivity contribution < 1.29 is 4.79 Å². The summed E-state index contributed by atoms with van der Waals surface area (Å²) in [6.45, 7) is 13.0. The zero-order valence-corrected chi connectivity index (χ0v) is 22.1. The number of carbonyl (C=O) groups excluding carboxylic acids is 1. The number of piperidine rings is 1. The summed E-state index contributed by atoms with van der Waals surface area (Å²) in [6.07, 6.45) is 6.29. The van der Waals surface area contributed by atoms with Gasteiger partial charge in [-0.1, -0.05) is 19.9 Å². The van der Waals surface area contributed by atoms with E-state index >= 15 is 0 Å². The number of carbonyl (C=O) groups is 1. The smallest absolute Gasteiger partial charge is 0.224 e. The van der Waals surface area contributed by atoms with Gasteiger partial charge in [-0.25, -0.2) is 4.98 Å². The van der Waals surface area contributed by atoms with Gasteiger partial charge in [0.25, 0.3) is 0 Å². The summed E-state index contributed by atoms with van der Waals surface area (Å²) in [5, 5.41) is 1.32. The van der Waals surface area contributed by atoms with Gasteiger partial charge in [-0.05, 0) is 80.8 Å². The van der Waals surface area contributed by atoms with Crippen LogP contribution >= 0.6 is 0 Å². The average molecular weight is 484 g/mol. The molecule has 0 atom stereocenters. The van der Waals surface area contributed by atoms with Crippen molar-refractivity contribution >= 4 is 16.8 Å². The van der Waals surface area contributed by atoms with Crippen molar-refractivity contribution in [3.05, 3.63) is 71.1 Å². The number of benzene rings is 1. The first-order valence-electron chi connectivity index (χ1n) is 13.2. The number of fused-ring (bicyclic) bond motifs is 1. The van der Waals surface area contributed by atoms with Crippen LogP contribution in [0.15, 0.2) is 42.7 Å². The summed E-state index contributed by atoms with van der Waals surface area (Å²) in [4.78, 5) is 27.4. The summed E-state index contributed by atoms with van der Waals surface area (Å²) in [5.41, 5.74) is 8.45. The Morgan fingerprint density at radius 3 is 2.44 bits per heavy atom. The molecule has 36 heavy (non-hydrogen) atoms. The van der Waals surface area contributed by atoms with E-state index in [0.29, 0.717) is 24.8 Å². The van der Waals surface area contributed by atoms with E-state index in [2.05, 4.69) is 73.0 Å². The fourth-order valence-corrected chi connectivity index (χ4v) is 5.77. The molecule has 0 aliphatic carbocycles. The monoisotopic (exact) mass is 483 g/mol. The number of rotatable bonds is 6. The first-order valence-corrected chi connectivity index (χ1v) is 13.2. The largest absolute Gasteiger partial charge is 0.354 e. The van der Waals surface area contributed by atoms with Gasteiger partial charge in [-0.15, -0.1) is 0 Å². The van der Waals surface area contributed by atoms with Gasteiger partial charge in [0.1, 0.15) is 5.82 Å². The van der Waals surface area contributed by atoms with Gasteiger partial charge in [0, 0.05) is 66.3 Å². The minimum absolute atomic E-state index is 0.248. The third-order valence-electron chi connectivity index (χ3n) is 7.62. The summed E-state index contributed by atoms with van der Waals surface area (Å²) in [6, 6.07) is 11.3. The molecule has 6 heteroatoms. The molecule has 0 saturated carbocycles. The number of amides is 1. The maximum Gasteiger partial charge on any atom is 0.224 e. The fourth-order valence-electron chi connectivity index (χ4n) is 5.77. The third-order valence-corrected chi connectivity index (χ3v) is 7.62. The van der Waals surface area contributed by atoms with Crippen LogP contribution in [0.5, 0.6) is 0 Å². The standard InChI is InChI=1S/C30H37N5O/c1-19(2)29-26-18-24(6-7-27(26)33-30(29)25-16-20(3)32-21(4)17-25)23-8-12-35(13-9-23)28(36)10-14-34-15-11-31-22(34)5/h6-7,11,15-19,23,33H,8-10,12-14H2,1-5H3. The van der Waals surface area contributed by atoms with Crippen molar-refractivity contribution in [3.8, 4) is 11.3 Å². The SMILES string of the molecule is Cc1cc(-c2[nH]c3ccc(C4CCN(C(=O)CCn5ccnc5C)CC4)cc3c2C(C)C)cc(C)n1. The van der Waals surface area contributed by atoms with Gasteiger partial charge in [-0.2, -0.15) is 0 Å². The quantitative estimate of drug-likeness (QED) is 0.351. The first-order chi connectivity index (χ1) is 17.3. The van der Waals surface area contributed by atoms with Crippen LogP contribution in [0.2, 0.25) is 0 Å². The highest BCUT2D eigenvalue weighted by molar-refractivity contribution is 5.92. The molecule has 6 nitrogen and oxygen atoms in total. The Bertz CT molecular complexity index is 1370. The highest BCUT2D eigenvalue weighted by Gasteiger charge is 2.25. The number of aromatic nitrogens is 4. The van der Waals surface area contributed by atoms with E-state index in [1.807, 2.05) is 22.6 Å². The predicted molar refractivity (Wildman–Crippen MR) is 145 cm³/mol. The molecular formula is C30H37N5O. The number of pyridine rings is 1. The van der Waals surface area contributed by atoms with E-state index in [4.69, 9.17) is 0 Å². The Labute approximate surface area is 213 Å². The molecule has 0 radical (unpaired) electrons. The number of aryl methyl sites for hydroxylation is 4.